The quantitative estimate of drug-likeness (QED) is 0.343. The van der Waals surface area contributed by atoms with Gasteiger partial charge < -0.3 is 25.4 Å². The molecule has 0 unspecified atom stereocenters. The van der Waals surface area contributed by atoms with Crippen molar-refractivity contribution < 1.29 is 32.2 Å². The van der Waals surface area contributed by atoms with Crippen molar-refractivity contribution in [3.8, 4) is 22.8 Å². The number of anilines is 2. The fourth-order valence-corrected chi connectivity index (χ4v) is 4.52. The number of alkyl halides is 1. The number of rotatable bonds is 10. The van der Waals surface area contributed by atoms with E-state index in [9.17, 15) is 18.4 Å². The molecule has 9 nitrogen and oxygen atoms in total. The maximum absolute atomic E-state index is 15.2. The number of halogens is 3. The van der Waals surface area contributed by atoms with Crippen LogP contribution < -0.4 is 20.5 Å². The third-order valence-electron chi connectivity index (χ3n) is 6.80. The van der Waals surface area contributed by atoms with Crippen molar-refractivity contribution in [1.82, 2.24) is 14.9 Å². The van der Waals surface area contributed by atoms with Gasteiger partial charge in [-0.2, -0.15) is 0 Å². The van der Waals surface area contributed by atoms with Crippen molar-refractivity contribution in [2.24, 2.45) is 0 Å². The first kappa shape index (κ1) is 29.4. The zero-order chi connectivity index (χ0) is 29.9. The standard InChI is InChI=1S/C29H30F3N5O4/c1-5-22(38)37(9-8-30)10-11-40-26-24(34-15-35-27(26)33)19-12-17(31)13-21(16(19)2)36-28(39)18-6-7-20-25(23(18)32)41-14-29(20,3)4/h5-7,12-13,15H,1,8-11,14H2,2-4H3,(H,36,39)(H2,33,34,35). The molecule has 216 valence electrons. The average molecular weight is 570 g/mol. The van der Waals surface area contributed by atoms with E-state index in [1.54, 1.807) is 13.0 Å². The number of hydrogen-bond donors (Lipinski definition) is 2. The Morgan fingerprint density at radius 2 is 2.00 bits per heavy atom. The van der Waals surface area contributed by atoms with E-state index in [-0.39, 0.29) is 66.1 Å². The fourth-order valence-electron chi connectivity index (χ4n) is 4.52. The van der Waals surface area contributed by atoms with E-state index in [1.165, 1.54) is 17.0 Å². The predicted octanol–water partition coefficient (Wildman–Crippen LogP) is 4.60. The van der Waals surface area contributed by atoms with Crippen LogP contribution in [-0.2, 0) is 10.2 Å². The second-order valence-corrected chi connectivity index (χ2v) is 10.1. The Kier molecular flexibility index (Phi) is 8.50. The molecule has 0 spiro atoms. The summed E-state index contributed by atoms with van der Waals surface area (Å²) in [6.45, 7) is 8.13. The second kappa shape index (κ2) is 11.9. The molecule has 1 aliphatic heterocycles. The minimum Gasteiger partial charge on any atom is -0.489 e. The van der Waals surface area contributed by atoms with Crippen LogP contribution >= 0.6 is 0 Å². The maximum Gasteiger partial charge on any atom is 0.258 e. The molecule has 0 radical (unpaired) electrons. The molecular formula is C29H30F3N5O4. The van der Waals surface area contributed by atoms with Crippen molar-refractivity contribution in [2.45, 2.75) is 26.2 Å². The molecule has 0 atom stereocenters. The number of nitrogens with one attached hydrogen (secondary N) is 1. The number of ether oxygens (including phenoxy) is 2. The summed E-state index contributed by atoms with van der Waals surface area (Å²) in [5, 5.41) is 2.58. The van der Waals surface area contributed by atoms with Crippen molar-refractivity contribution in [2.75, 3.05) is 44.0 Å². The number of nitrogen functional groups attached to an aromatic ring is 1. The highest BCUT2D eigenvalue weighted by molar-refractivity contribution is 6.05. The lowest BCUT2D eigenvalue weighted by Gasteiger charge is -2.21. The summed E-state index contributed by atoms with van der Waals surface area (Å²) in [6, 6.07) is 5.30. The van der Waals surface area contributed by atoms with Crippen LogP contribution in [0.2, 0.25) is 0 Å². The summed E-state index contributed by atoms with van der Waals surface area (Å²) in [6.07, 6.45) is 2.23. The summed E-state index contributed by atoms with van der Waals surface area (Å²) >= 11 is 0. The number of aromatic nitrogens is 2. The van der Waals surface area contributed by atoms with Crippen molar-refractivity contribution in [3.05, 3.63) is 71.6 Å². The molecule has 3 aromatic rings. The number of carbonyl (C=O) groups excluding carboxylic acids is 2. The molecule has 0 saturated heterocycles. The molecule has 12 heteroatoms. The fraction of sp³-hybridized carbons (Fsp3) is 0.310. The SMILES string of the molecule is C=CC(=O)N(CCF)CCOc1c(N)ncnc1-c1cc(F)cc(NC(=O)c2ccc3c(c2F)OCC3(C)C)c1C. The monoisotopic (exact) mass is 569 g/mol. The molecule has 0 fully saturated rings. The number of amides is 2. The van der Waals surface area contributed by atoms with Gasteiger partial charge in [0, 0.05) is 28.8 Å². The number of fused-ring (bicyclic) bond motifs is 1. The van der Waals surface area contributed by atoms with E-state index in [1.807, 2.05) is 13.8 Å². The van der Waals surface area contributed by atoms with Crippen LogP contribution in [0.15, 0.2) is 43.2 Å². The van der Waals surface area contributed by atoms with Gasteiger partial charge in [-0.1, -0.05) is 26.5 Å². The van der Waals surface area contributed by atoms with Crippen LogP contribution in [0.25, 0.3) is 11.3 Å². The summed E-state index contributed by atoms with van der Waals surface area (Å²) in [5.41, 5.74) is 6.85. The van der Waals surface area contributed by atoms with Crippen LogP contribution in [-0.4, -0.2) is 59.7 Å². The normalized spacial score (nSPS) is 13.2. The maximum atomic E-state index is 15.2. The zero-order valence-electron chi connectivity index (χ0n) is 22.9. The molecule has 1 aromatic heterocycles. The Morgan fingerprint density at radius 1 is 1.24 bits per heavy atom. The Balaban J connectivity index is 1.62. The number of benzene rings is 2. The first-order valence-electron chi connectivity index (χ1n) is 12.8. The van der Waals surface area contributed by atoms with E-state index in [4.69, 9.17) is 15.2 Å². The van der Waals surface area contributed by atoms with Crippen LogP contribution in [0.4, 0.5) is 24.7 Å². The van der Waals surface area contributed by atoms with Gasteiger partial charge in [0.25, 0.3) is 5.91 Å². The predicted molar refractivity (Wildman–Crippen MR) is 148 cm³/mol. The highest BCUT2D eigenvalue weighted by Crippen LogP contribution is 2.41. The van der Waals surface area contributed by atoms with E-state index in [0.29, 0.717) is 11.1 Å². The number of hydrogen-bond acceptors (Lipinski definition) is 7. The average Bonchev–Trinajstić information content (AvgIpc) is 3.25. The van der Waals surface area contributed by atoms with Gasteiger partial charge in [-0.05, 0) is 36.8 Å². The van der Waals surface area contributed by atoms with Gasteiger partial charge in [0.05, 0.1) is 18.7 Å². The lowest BCUT2D eigenvalue weighted by Crippen LogP contribution is -2.35. The molecular weight excluding hydrogens is 539 g/mol. The molecule has 0 saturated carbocycles. The van der Waals surface area contributed by atoms with Crippen molar-refractivity contribution in [1.29, 1.82) is 0 Å². The van der Waals surface area contributed by atoms with Crippen LogP contribution in [0.1, 0.15) is 35.3 Å². The Morgan fingerprint density at radius 3 is 2.71 bits per heavy atom. The Labute approximate surface area is 235 Å². The number of nitrogens with zero attached hydrogens (tertiary/aromatic N) is 3. The van der Waals surface area contributed by atoms with Gasteiger partial charge >= 0.3 is 0 Å². The van der Waals surface area contributed by atoms with Gasteiger partial charge in [-0.25, -0.2) is 23.1 Å². The third kappa shape index (κ3) is 5.96. The molecule has 2 amide bonds. The summed E-state index contributed by atoms with van der Waals surface area (Å²) in [4.78, 5) is 34.4. The molecule has 2 heterocycles. The molecule has 2 aromatic carbocycles. The zero-order valence-corrected chi connectivity index (χ0v) is 22.9. The summed E-state index contributed by atoms with van der Waals surface area (Å²) in [7, 11) is 0. The lowest BCUT2D eigenvalue weighted by atomic mass is 9.86. The smallest absolute Gasteiger partial charge is 0.258 e. The highest BCUT2D eigenvalue weighted by atomic mass is 19.1. The van der Waals surface area contributed by atoms with Gasteiger partial charge in [-0.15, -0.1) is 0 Å². The van der Waals surface area contributed by atoms with Crippen LogP contribution in [0.5, 0.6) is 11.5 Å². The first-order chi connectivity index (χ1) is 19.5. The van der Waals surface area contributed by atoms with Gasteiger partial charge in [0.2, 0.25) is 5.91 Å². The Hall–Kier alpha value is -4.61. The number of carbonyl (C=O) groups is 2. The van der Waals surface area contributed by atoms with E-state index in [2.05, 4.69) is 21.9 Å². The van der Waals surface area contributed by atoms with Crippen LogP contribution in [0.3, 0.4) is 0 Å². The van der Waals surface area contributed by atoms with Gasteiger partial charge in [0.1, 0.15) is 31.1 Å². The first-order valence-corrected chi connectivity index (χ1v) is 12.8. The molecule has 1 aliphatic rings. The molecule has 0 bridgehead atoms. The van der Waals surface area contributed by atoms with Gasteiger partial charge in [-0.3, -0.25) is 9.59 Å². The van der Waals surface area contributed by atoms with Gasteiger partial charge in [0.15, 0.2) is 23.1 Å². The molecule has 0 aliphatic carbocycles. The van der Waals surface area contributed by atoms with E-state index in [0.717, 1.165) is 18.5 Å². The Bertz CT molecular complexity index is 1510. The topological polar surface area (TPSA) is 120 Å². The molecule has 4 rings (SSSR count). The van der Waals surface area contributed by atoms with E-state index < -0.39 is 35.5 Å². The highest BCUT2D eigenvalue weighted by Gasteiger charge is 2.35. The van der Waals surface area contributed by atoms with Crippen LogP contribution in [0, 0.1) is 18.6 Å². The number of nitrogens with two attached hydrogens (primary N) is 1. The third-order valence-corrected chi connectivity index (χ3v) is 6.80. The molecule has 41 heavy (non-hydrogen) atoms. The minimum atomic E-state index is -0.796. The second-order valence-electron chi connectivity index (χ2n) is 10.1. The van der Waals surface area contributed by atoms with E-state index >= 15 is 4.39 Å². The van der Waals surface area contributed by atoms with Crippen molar-refractivity contribution >= 4 is 23.3 Å². The molecule has 3 N–H and O–H groups in total. The lowest BCUT2D eigenvalue weighted by molar-refractivity contribution is -0.126. The summed E-state index contributed by atoms with van der Waals surface area (Å²) in [5.74, 6) is -2.80. The van der Waals surface area contributed by atoms with Crippen molar-refractivity contribution in [3.63, 3.8) is 0 Å². The minimum absolute atomic E-state index is 0.00848. The summed E-state index contributed by atoms with van der Waals surface area (Å²) < 4.78 is 54.2. The largest absolute Gasteiger partial charge is 0.489 e.